The van der Waals surface area contributed by atoms with Gasteiger partial charge >= 0.3 is 0 Å². The third-order valence-electron chi connectivity index (χ3n) is 2.92. The summed E-state index contributed by atoms with van der Waals surface area (Å²) < 4.78 is 2.82. The van der Waals surface area contributed by atoms with Crippen LogP contribution in [0.15, 0.2) is 34.9 Å². The van der Waals surface area contributed by atoms with Gasteiger partial charge in [-0.1, -0.05) is 24.6 Å². The molecule has 0 fully saturated rings. The SMILES string of the molecule is CCCn1nccc1C(NN)c1ccc(Cl)c(Br)c1. The highest BCUT2D eigenvalue weighted by atomic mass is 79.9. The second-order valence-corrected chi connectivity index (χ2v) is 5.51. The molecule has 0 aliphatic heterocycles. The molecule has 0 aliphatic carbocycles. The maximum atomic E-state index is 6.02. The van der Waals surface area contributed by atoms with Gasteiger partial charge < -0.3 is 0 Å². The molecule has 0 saturated carbocycles. The zero-order valence-corrected chi connectivity index (χ0v) is 12.9. The van der Waals surface area contributed by atoms with Crippen molar-refractivity contribution in [1.29, 1.82) is 0 Å². The molecule has 1 unspecified atom stereocenters. The predicted molar refractivity (Wildman–Crippen MR) is 80.8 cm³/mol. The topological polar surface area (TPSA) is 55.9 Å². The fraction of sp³-hybridized carbons (Fsp3) is 0.308. The Hall–Kier alpha value is -0.880. The van der Waals surface area contributed by atoms with Crippen molar-refractivity contribution in [3.05, 3.63) is 51.2 Å². The number of aryl methyl sites for hydroxylation is 1. The maximum Gasteiger partial charge on any atom is 0.0878 e. The highest BCUT2D eigenvalue weighted by molar-refractivity contribution is 9.10. The molecule has 0 aliphatic rings. The molecule has 2 aromatic rings. The van der Waals surface area contributed by atoms with Gasteiger partial charge in [0.2, 0.25) is 0 Å². The van der Waals surface area contributed by atoms with Gasteiger partial charge in [0.25, 0.3) is 0 Å². The average molecular weight is 344 g/mol. The standard InChI is InChI=1S/C13H16BrClN4/c1-2-7-19-12(5-6-17-19)13(18-16)9-3-4-11(15)10(14)8-9/h3-6,8,13,18H,2,7,16H2,1H3. The first-order valence-electron chi connectivity index (χ1n) is 6.10. The number of aromatic nitrogens is 2. The van der Waals surface area contributed by atoms with Crippen LogP contribution in [0.25, 0.3) is 0 Å². The van der Waals surface area contributed by atoms with Crippen molar-refractivity contribution >= 4 is 27.5 Å². The van der Waals surface area contributed by atoms with Crippen LogP contribution in [0.3, 0.4) is 0 Å². The molecule has 102 valence electrons. The number of nitrogens with one attached hydrogen (secondary N) is 1. The second kappa shape index (κ2) is 6.52. The average Bonchev–Trinajstić information content (AvgIpc) is 2.83. The Morgan fingerprint density at radius 2 is 2.26 bits per heavy atom. The zero-order valence-electron chi connectivity index (χ0n) is 10.6. The van der Waals surface area contributed by atoms with Crippen LogP contribution in [-0.4, -0.2) is 9.78 Å². The Morgan fingerprint density at radius 1 is 1.47 bits per heavy atom. The lowest BCUT2D eigenvalue weighted by atomic mass is 10.0. The fourth-order valence-electron chi connectivity index (χ4n) is 2.03. The minimum atomic E-state index is -0.109. The Bertz CT molecular complexity index is 555. The van der Waals surface area contributed by atoms with E-state index >= 15 is 0 Å². The highest BCUT2D eigenvalue weighted by Crippen LogP contribution is 2.28. The Labute approximate surface area is 126 Å². The quantitative estimate of drug-likeness (QED) is 0.647. The van der Waals surface area contributed by atoms with Crippen LogP contribution in [0, 0.1) is 0 Å². The molecule has 1 aromatic heterocycles. The smallest absolute Gasteiger partial charge is 0.0878 e. The third kappa shape index (κ3) is 3.17. The van der Waals surface area contributed by atoms with E-state index in [0.717, 1.165) is 28.7 Å². The van der Waals surface area contributed by atoms with Crippen molar-refractivity contribution in [3.8, 4) is 0 Å². The summed E-state index contributed by atoms with van der Waals surface area (Å²) >= 11 is 9.45. The largest absolute Gasteiger partial charge is 0.271 e. The van der Waals surface area contributed by atoms with Gasteiger partial charge in [-0.3, -0.25) is 10.5 Å². The minimum Gasteiger partial charge on any atom is -0.271 e. The zero-order chi connectivity index (χ0) is 13.8. The van der Waals surface area contributed by atoms with Crippen molar-refractivity contribution < 1.29 is 0 Å². The second-order valence-electron chi connectivity index (χ2n) is 4.25. The first-order valence-corrected chi connectivity index (χ1v) is 7.27. The molecule has 0 amide bonds. The van der Waals surface area contributed by atoms with Crippen LogP contribution in [0.1, 0.15) is 30.6 Å². The van der Waals surface area contributed by atoms with Gasteiger partial charge in [-0.15, -0.1) is 0 Å². The summed E-state index contributed by atoms with van der Waals surface area (Å²) in [6.45, 7) is 2.99. The Morgan fingerprint density at radius 3 is 2.89 bits per heavy atom. The van der Waals surface area contributed by atoms with Gasteiger partial charge in [-0.25, -0.2) is 5.43 Å². The number of hydrazine groups is 1. The van der Waals surface area contributed by atoms with Crippen LogP contribution < -0.4 is 11.3 Å². The molecule has 0 saturated heterocycles. The minimum absolute atomic E-state index is 0.109. The van der Waals surface area contributed by atoms with E-state index in [0.29, 0.717) is 5.02 Å². The summed E-state index contributed by atoms with van der Waals surface area (Å²) in [5.41, 5.74) is 4.92. The summed E-state index contributed by atoms with van der Waals surface area (Å²) in [4.78, 5) is 0. The van der Waals surface area contributed by atoms with Gasteiger partial charge in [0.15, 0.2) is 0 Å². The summed E-state index contributed by atoms with van der Waals surface area (Å²) in [5, 5.41) is 5.01. The van der Waals surface area contributed by atoms with Crippen molar-refractivity contribution in [2.75, 3.05) is 0 Å². The normalized spacial score (nSPS) is 12.6. The summed E-state index contributed by atoms with van der Waals surface area (Å²) in [6.07, 6.45) is 2.82. The Balaban J connectivity index is 2.38. The van der Waals surface area contributed by atoms with E-state index in [1.807, 2.05) is 28.9 Å². The number of hydrogen-bond acceptors (Lipinski definition) is 3. The number of halogens is 2. The van der Waals surface area contributed by atoms with Crippen LogP contribution in [0.5, 0.6) is 0 Å². The molecular formula is C13H16BrClN4. The van der Waals surface area contributed by atoms with Crippen LogP contribution >= 0.6 is 27.5 Å². The van der Waals surface area contributed by atoms with E-state index in [4.69, 9.17) is 17.4 Å². The van der Waals surface area contributed by atoms with Crippen molar-refractivity contribution in [1.82, 2.24) is 15.2 Å². The predicted octanol–water partition coefficient (Wildman–Crippen LogP) is 3.26. The maximum absolute atomic E-state index is 6.02. The molecule has 4 nitrogen and oxygen atoms in total. The van der Waals surface area contributed by atoms with E-state index in [2.05, 4.69) is 33.4 Å². The van der Waals surface area contributed by atoms with E-state index in [9.17, 15) is 0 Å². The molecule has 1 heterocycles. The summed E-state index contributed by atoms with van der Waals surface area (Å²) in [7, 11) is 0. The molecule has 0 radical (unpaired) electrons. The van der Waals surface area contributed by atoms with Gasteiger partial charge in [0.05, 0.1) is 16.8 Å². The van der Waals surface area contributed by atoms with E-state index in [1.165, 1.54) is 0 Å². The third-order valence-corrected chi connectivity index (χ3v) is 4.14. The van der Waals surface area contributed by atoms with Gasteiger partial charge in [0, 0.05) is 17.2 Å². The molecule has 2 rings (SSSR count). The van der Waals surface area contributed by atoms with E-state index in [-0.39, 0.29) is 6.04 Å². The van der Waals surface area contributed by atoms with E-state index in [1.54, 1.807) is 6.20 Å². The van der Waals surface area contributed by atoms with Crippen LogP contribution in [0.2, 0.25) is 5.02 Å². The molecule has 6 heteroatoms. The highest BCUT2D eigenvalue weighted by Gasteiger charge is 2.17. The molecular weight excluding hydrogens is 328 g/mol. The molecule has 0 bridgehead atoms. The summed E-state index contributed by atoms with van der Waals surface area (Å²) in [5.74, 6) is 5.71. The molecule has 3 N–H and O–H groups in total. The lowest BCUT2D eigenvalue weighted by Gasteiger charge is -2.18. The van der Waals surface area contributed by atoms with Crippen LogP contribution in [-0.2, 0) is 6.54 Å². The lowest BCUT2D eigenvalue weighted by molar-refractivity contribution is 0.521. The first kappa shape index (κ1) is 14.5. The van der Waals surface area contributed by atoms with E-state index < -0.39 is 0 Å². The monoisotopic (exact) mass is 342 g/mol. The molecule has 19 heavy (non-hydrogen) atoms. The number of nitrogens with zero attached hydrogens (tertiary/aromatic N) is 2. The van der Waals surface area contributed by atoms with Gasteiger partial charge in [0.1, 0.15) is 0 Å². The first-order chi connectivity index (χ1) is 9.17. The molecule has 1 atom stereocenters. The fourth-order valence-corrected chi connectivity index (χ4v) is 2.55. The number of benzene rings is 1. The summed E-state index contributed by atoms with van der Waals surface area (Å²) in [6, 6.07) is 7.65. The molecule has 1 aromatic carbocycles. The molecule has 0 spiro atoms. The van der Waals surface area contributed by atoms with Crippen LogP contribution in [0.4, 0.5) is 0 Å². The lowest BCUT2D eigenvalue weighted by Crippen LogP contribution is -2.30. The number of hydrogen-bond donors (Lipinski definition) is 2. The van der Waals surface area contributed by atoms with Crippen molar-refractivity contribution in [2.24, 2.45) is 5.84 Å². The Kier molecular flexibility index (Phi) is 4.99. The number of rotatable bonds is 5. The van der Waals surface area contributed by atoms with Crippen molar-refractivity contribution in [2.45, 2.75) is 25.9 Å². The van der Waals surface area contributed by atoms with Crippen molar-refractivity contribution in [3.63, 3.8) is 0 Å². The number of nitrogens with two attached hydrogens (primary N) is 1. The van der Waals surface area contributed by atoms with Gasteiger partial charge in [-0.2, -0.15) is 5.10 Å². The van der Waals surface area contributed by atoms with Gasteiger partial charge in [-0.05, 0) is 46.1 Å².